The molecule has 0 radical (unpaired) electrons. The van der Waals surface area contributed by atoms with Crippen molar-refractivity contribution in [2.75, 3.05) is 0 Å². The van der Waals surface area contributed by atoms with E-state index in [0.717, 1.165) is 35.1 Å². The van der Waals surface area contributed by atoms with Gasteiger partial charge in [-0.25, -0.2) is 0 Å². The first kappa shape index (κ1) is 9.94. The van der Waals surface area contributed by atoms with Gasteiger partial charge in [-0.1, -0.05) is 11.6 Å². The number of fused-ring (bicyclic) bond motifs is 1. The zero-order valence-corrected chi connectivity index (χ0v) is 9.37. The molecule has 1 N–H and O–H groups in total. The van der Waals surface area contributed by atoms with Crippen molar-refractivity contribution in [1.29, 1.82) is 0 Å². The molecule has 1 heterocycles. The minimum absolute atomic E-state index is 0.327. The standard InChI is InChI=1S/C13H11ClO2/c14-10-2-4-12-9(5-10)7-13(16-12)8-1-3-11(15)6-8/h2,4-7,11,15H,1,3H2. The van der Waals surface area contributed by atoms with Crippen LogP contribution in [0.5, 0.6) is 0 Å². The molecule has 2 nitrogen and oxygen atoms in total. The Morgan fingerprint density at radius 3 is 2.94 bits per heavy atom. The molecule has 3 rings (SSSR count). The van der Waals surface area contributed by atoms with Crippen LogP contribution in [0.2, 0.25) is 5.02 Å². The quantitative estimate of drug-likeness (QED) is 0.818. The molecule has 1 aliphatic rings. The molecule has 2 aromatic rings. The molecule has 1 aliphatic carbocycles. The number of hydrogen-bond donors (Lipinski definition) is 1. The second-order valence-electron chi connectivity index (χ2n) is 4.09. The summed E-state index contributed by atoms with van der Waals surface area (Å²) in [5, 5.41) is 11.2. The van der Waals surface area contributed by atoms with Crippen molar-refractivity contribution < 1.29 is 9.52 Å². The first-order valence-corrected chi connectivity index (χ1v) is 5.68. The van der Waals surface area contributed by atoms with Crippen LogP contribution in [0.3, 0.4) is 0 Å². The number of aliphatic hydroxyl groups excluding tert-OH is 1. The van der Waals surface area contributed by atoms with Gasteiger partial charge in [0.25, 0.3) is 0 Å². The molecule has 1 aromatic heterocycles. The molecule has 1 aromatic carbocycles. The Balaban J connectivity index is 2.09. The minimum atomic E-state index is -0.327. The number of halogens is 1. The molecule has 3 heteroatoms. The Morgan fingerprint density at radius 1 is 1.31 bits per heavy atom. The summed E-state index contributed by atoms with van der Waals surface area (Å²) >= 11 is 5.91. The van der Waals surface area contributed by atoms with E-state index in [2.05, 4.69) is 0 Å². The van der Waals surface area contributed by atoms with Crippen molar-refractivity contribution >= 4 is 28.1 Å². The highest BCUT2D eigenvalue weighted by atomic mass is 35.5. The zero-order chi connectivity index (χ0) is 11.1. The lowest BCUT2D eigenvalue weighted by atomic mass is 10.1. The lowest BCUT2D eigenvalue weighted by Crippen LogP contribution is -1.93. The molecule has 0 saturated carbocycles. The van der Waals surface area contributed by atoms with E-state index in [-0.39, 0.29) is 6.10 Å². The molecule has 0 aliphatic heterocycles. The highest BCUT2D eigenvalue weighted by molar-refractivity contribution is 6.31. The maximum atomic E-state index is 9.44. The molecule has 16 heavy (non-hydrogen) atoms. The number of hydrogen-bond acceptors (Lipinski definition) is 2. The summed E-state index contributed by atoms with van der Waals surface area (Å²) in [7, 11) is 0. The van der Waals surface area contributed by atoms with Gasteiger partial charge in [0.15, 0.2) is 0 Å². The average molecular weight is 235 g/mol. The number of aliphatic hydroxyl groups is 1. The van der Waals surface area contributed by atoms with Crippen LogP contribution in [0, 0.1) is 0 Å². The third kappa shape index (κ3) is 1.64. The minimum Gasteiger partial charge on any atom is -0.456 e. The Bertz CT molecular complexity index is 568. The lowest BCUT2D eigenvalue weighted by Gasteiger charge is -1.93. The van der Waals surface area contributed by atoms with E-state index in [1.165, 1.54) is 0 Å². The third-order valence-electron chi connectivity index (χ3n) is 2.90. The first-order valence-electron chi connectivity index (χ1n) is 5.30. The van der Waals surface area contributed by atoms with E-state index in [0.29, 0.717) is 5.02 Å². The number of furan rings is 1. The van der Waals surface area contributed by atoms with Crippen LogP contribution in [0.1, 0.15) is 18.6 Å². The Kier molecular flexibility index (Phi) is 2.27. The highest BCUT2D eigenvalue weighted by Gasteiger charge is 2.17. The maximum Gasteiger partial charge on any atom is 0.134 e. The van der Waals surface area contributed by atoms with Crippen LogP contribution in [0.4, 0.5) is 0 Å². The molecule has 82 valence electrons. The van der Waals surface area contributed by atoms with Gasteiger partial charge in [-0.05, 0) is 48.8 Å². The van der Waals surface area contributed by atoms with E-state index in [1.807, 2.05) is 30.3 Å². The second kappa shape index (κ2) is 3.65. The van der Waals surface area contributed by atoms with Gasteiger partial charge in [-0.2, -0.15) is 0 Å². The van der Waals surface area contributed by atoms with E-state index in [1.54, 1.807) is 0 Å². The summed E-state index contributed by atoms with van der Waals surface area (Å²) < 4.78 is 5.72. The molecule has 1 atom stereocenters. The average Bonchev–Trinajstić information content (AvgIpc) is 2.83. The Hall–Kier alpha value is -1.25. The fourth-order valence-electron chi connectivity index (χ4n) is 2.08. The largest absolute Gasteiger partial charge is 0.456 e. The summed E-state index contributed by atoms with van der Waals surface area (Å²) in [6.45, 7) is 0. The highest BCUT2D eigenvalue weighted by Crippen LogP contribution is 2.32. The summed E-state index contributed by atoms with van der Waals surface area (Å²) in [5.74, 6) is 0.841. The van der Waals surface area contributed by atoms with Crippen LogP contribution < -0.4 is 0 Å². The van der Waals surface area contributed by atoms with Crippen molar-refractivity contribution in [1.82, 2.24) is 0 Å². The van der Waals surface area contributed by atoms with Crippen LogP contribution in [-0.2, 0) is 0 Å². The SMILES string of the molecule is OC1C=C(c2cc3cc(Cl)ccc3o2)CC1. The molecular formula is C13H11ClO2. The molecule has 0 amide bonds. The summed E-state index contributed by atoms with van der Waals surface area (Å²) in [4.78, 5) is 0. The van der Waals surface area contributed by atoms with Gasteiger partial charge in [0.05, 0.1) is 6.10 Å². The van der Waals surface area contributed by atoms with Gasteiger partial charge >= 0.3 is 0 Å². The summed E-state index contributed by atoms with van der Waals surface area (Å²) in [5.41, 5.74) is 1.92. The van der Waals surface area contributed by atoms with Gasteiger partial charge in [0.1, 0.15) is 11.3 Å². The lowest BCUT2D eigenvalue weighted by molar-refractivity contribution is 0.223. The van der Waals surface area contributed by atoms with Crippen LogP contribution >= 0.6 is 11.6 Å². The van der Waals surface area contributed by atoms with Gasteiger partial charge in [0, 0.05) is 10.4 Å². The van der Waals surface area contributed by atoms with Crippen molar-refractivity contribution in [3.05, 3.63) is 41.1 Å². The zero-order valence-electron chi connectivity index (χ0n) is 8.61. The van der Waals surface area contributed by atoms with Crippen molar-refractivity contribution in [2.24, 2.45) is 0 Å². The van der Waals surface area contributed by atoms with Crippen molar-refractivity contribution in [3.8, 4) is 0 Å². The molecule has 0 bridgehead atoms. The molecular weight excluding hydrogens is 224 g/mol. The second-order valence-corrected chi connectivity index (χ2v) is 4.53. The number of allylic oxidation sites excluding steroid dienone is 1. The predicted molar refractivity (Wildman–Crippen MR) is 64.4 cm³/mol. The van der Waals surface area contributed by atoms with Crippen molar-refractivity contribution in [2.45, 2.75) is 18.9 Å². The van der Waals surface area contributed by atoms with Gasteiger partial charge in [0.2, 0.25) is 0 Å². The van der Waals surface area contributed by atoms with E-state index >= 15 is 0 Å². The van der Waals surface area contributed by atoms with Crippen LogP contribution in [-0.4, -0.2) is 11.2 Å². The molecule has 0 spiro atoms. The van der Waals surface area contributed by atoms with Crippen LogP contribution in [0.25, 0.3) is 16.5 Å². The summed E-state index contributed by atoms with van der Waals surface area (Å²) in [6, 6.07) is 7.54. The third-order valence-corrected chi connectivity index (χ3v) is 3.13. The Morgan fingerprint density at radius 2 is 2.19 bits per heavy atom. The number of benzene rings is 1. The van der Waals surface area contributed by atoms with E-state index < -0.39 is 0 Å². The topological polar surface area (TPSA) is 33.4 Å². The van der Waals surface area contributed by atoms with Crippen molar-refractivity contribution in [3.63, 3.8) is 0 Å². The smallest absolute Gasteiger partial charge is 0.134 e. The predicted octanol–water partition coefficient (Wildman–Crippen LogP) is 3.62. The van der Waals surface area contributed by atoms with Gasteiger partial charge < -0.3 is 9.52 Å². The van der Waals surface area contributed by atoms with E-state index in [9.17, 15) is 5.11 Å². The monoisotopic (exact) mass is 234 g/mol. The first-order chi connectivity index (χ1) is 7.72. The van der Waals surface area contributed by atoms with Gasteiger partial charge in [-0.3, -0.25) is 0 Å². The fourth-order valence-corrected chi connectivity index (χ4v) is 2.26. The van der Waals surface area contributed by atoms with Crippen LogP contribution in [0.15, 0.2) is 34.8 Å². The summed E-state index contributed by atoms with van der Waals surface area (Å²) in [6.07, 6.45) is 3.19. The number of rotatable bonds is 1. The molecule has 1 unspecified atom stereocenters. The maximum absolute atomic E-state index is 9.44. The molecule has 0 saturated heterocycles. The normalized spacial score (nSPS) is 20.4. The fraction of sp³-hybridized carbons (Fsp3) is 0.231. The van der Waals surface area contributed by atoms with E-state index in [4.69, 9.17) is 16.0 Å². The van der Waals surface area contributed by atoms with Gasteiger partial charge in [-0.15, -0.1) is 0 Å². The Labute approximate surface area is 98.1 Å². The molecule has 0 fully saturated rings.